The second-order valence-corrected chi connectivity index (χ2v) is 6.16. The van der Waals surface area contributed by atoms with Crippen LogP contribution in [0.25, 0.3) is 6.08 Å². The molecule has 1 aromatic carbocycles. The van der Waals surface area contributed by atoms with Gasteiger partial charge in [-0.15, -0.1) is 0 Å². The minimum atomic E-state index is -1.13. The predicted molar refractivity (Wildman–Crippen MR) is 85.0 cm³/mol. The van der Waals surface area contributed by atoms with Crippen LogP contribution in [0.1, 0.15) is 36.8 Å². The number of fused-ring (bicyclic) bond motifs is 1. The second kappa shape index (κ2) is 6.73. The highest BCUT2D eigenvalue weighted by atomic mass is 16.6. The fourth-order valence-corrected chi connectivity index (χ4v) is 3.23. The number of nitrogens with zero attached hydrogens (tertiary/aromatic N) is 1. The Labute approximate surface area is 127 Å². The molecule has 2 aliphatic rings. The van der Waals surface area contributed by atoms with Gasteiger partial charge in [-0.05, 0) is 49.6 Å². The molecule has 1 heterocycles. The number of piperidine rings is 1. The largest absolute Gasteiger partial charge is 0.362 e. The topological polar surface area (TPSA) is 32.7 Å². The van der Waals surface area contributed by atoms with Crippen molar-refractivity contribution < 1.29 is 9.84 Å². The molecule has 1 saturated heterocycles. The quantitative estimate of drug-likeness (QED) is 0.668. The molecule has 0 saturated carbocycles. The lowest BCUT2D eigenvalue weighted by atomic mass is 9.93. The molecule has 0 bridgehead atoms. The summed E-state index contributed by atoms with van der Waals surface area (Å²) in [5, 5.41) is 10.5. The van der Waals surface area contributed by atoms with Gasteiger partial charge in [-0.2, -0.15) is 0 Å². The van der Waals surface area contributed by atoms with Crippen molar-refractivity contribution in [1.82, 2.24) is 4.90 Å². The van der Waals surface area contributed by atoms with E-state index in [1.165, 1.54) is 37.9 Å². The molecule has 0 spiro atoms. The zero-order valence-electron chi connectivity index (χ0n) is 12.6. The van der Waals surface area contributed by atoms with Gasteiger partial charge in [0, 0.05) is 13.0 Å². The fraction of sp³-hybridized carbons (Fsp3) is 0.556. The third-order valence-corrected chi connectivity index (χ3v) is 4.44. The standard InChI is InChI=1S/C18H25NO2/c20-18(10-9-16-7-2-3-8-17(16)15-18)21-14-6-13-19-11-4-1-5-12-19/h2-3,7-10,20H,1,4-6,11-15H2. The van der Waals surface area contributed by atoms with Crippen LogP contribution in [0.5, 0.6) is 0 Å². The third kappa shape index (κ3) is 3.94. The summed E-state index contributed by atoms with van der Waals surface area (Å²) in [6, 6.07) is 8.16. The molecular formula is C18H25NO2. The third-order valence-electron chi connectivity index (χ3n) is 4.44. The van der Waals surface area contributed by atoms with Crippen molar-refractivity contribution in [2.45, 2.75) is 37.9 Å². The average molecular weight is 287 g/mol. The number of likely N-dealkylation sites (tertiary alicyclic amines) is 1. The number of hydrogen-bond donors (Lipinski definition) is 1. The molecular weight excluding hydrogens is 262 g/mol. The van der Waals surface area contributed by atoms with Gasteiger partial charge in [0.25, 0.3) is 0 Å². The lowest BCUT2D eigenvalue weighted by molar-refractivity contribution is -0.166. The highest BCUT2D eigenvalue weighted by Gasteiger charge is 2.28. The van der Waals surface area contributed by atoms with Crippen LogP contribution in [0, 0.1) is 0 Å². The molecule has 0 amide bonds. The van der Waals surface area contributed by atoms with Crippen molar-refractivity contribution in [3.8, 4) is 0 Å². The summed E-state index contributed by atoms with van der Waals surface area (Å²) in [6.45, 7) is 4.13. The van der Waals surface area contributed by atoms with Crippen molar-refractivity contribution >= 4 is 6.08 Å². The van der Waals surface area contributed by atoms with E-state index in [1.807, 2.05) is 18.2 Å². The number of hydrogen-bond acceptors (Lipinski definition) is 3. The first kappa shape index (κ1) is 14.8. The van der Waals surface area contributed by atoms with Crippen molar-refractivity contribution in [2.24, 2.45) is 0 Å². The molecule has 3 rings (SSSR count). The zero-order chi connectivity index (χ0) is 14.5. The van der Waals surface area contributed by atoms with Crippen molar-refractivity contribution in [3.05, 3.63) is 41.5 Å². The molecule has 3 heteroatoms. The monoisotopic (exact) mass is 287 g/mol. The summed E-state index contributed by atoms with van der Waals surface area (Å²) >= 11 is 0. The molecule has 1 fully saturated rings. The van der Waals surface area contributed by atoms with E-state index < -0.39 is 5.79 Å². The molecule has 1 aromatic rings. The number of rotatable bonds is 5. The average Bonchev–Trinajstić information content (AvgIpc) is 2.52. The highest BCUT2D eigenvalue weighted by Crippen LogP contribution is 2.26. The van der Waals surface area contributed by atoms with Gasteiger partial charge in [0.1, 0.15) is 0 Å². The molecule has 1 atom stereocenters. The first-order valence-electron chi connectivity index (χ1n) is 8.11. The molecule has 0 aromatic heterocycles. The van der Waals surface area contributed by atoms with Gasteiger partial charge in [-0.1, -0.05) is 36.8 Å². The molecule has 21 heavy (non-hydrogen) atoms. The molecule has 3 nitrogen and oxygen atoms in total. The Morgan fingerprint density at radius 3 is 2.81 bits per heavy atom. The molecule has 1 aliphatic carbocycles. The Morgan fingerprint density at radius 1 is 1.14 bits per heavy atom. The Bertz CT molecular complexity index is 494. The number of benzene rings is 1. The van der Waals surface area contributed by atoms with Gasteiger partial charge in [-0.3, -0.25) is 0 Å². The Morgan fingerprint density at radius 2 is 1.95 bits per heavy atom. The first-order valence-corrected chi connectivity index (χ1v) is 8.11. The van der Waals surface area contributed by atoms with Crippen LogP contribution in [0.2, 0.25) is 0 Å². The van der Waals surface area contributed by atoms with Crippen LogP contribution >= 0.6 is 0 Å². The maximum atomic E-state index is 10.5. The highest BCUT2D eigenvalue weighted by molar-refractivity contribution is 5.57. The Balaban J connectivity index is 1.45. The Hall–Kier alpha value is -1.16. The van der Waals surface area contributed by atoms with Gasteiger partial charge in [-0.25, -0.2) is 0 Å². The SMILES string of the molecule is OC1(OCCCN2CCCCC2)C=Cc2ccccc2C1. The lowest BCUT2D eigenvalue weighted by Crippen LogP contribution is -2.36. The van der Waals surface area contributed by atoms with Crippen LogP contribution in [0.15, 0.2) is 30.3 Å². The van der Waals surface area contributed by atoms with E-state index in [0.717, 1.165) is 18.5 Å². The van der Waals surface area contributed by atoms with Gasteiger partial charge in [0.2, 0.25) is 0 Å². The maximum Gasteiger partial charge on any atom is 0.189 e. The second-order valence-electron chi connectivity index (χ2n) is 6.16. The van der Waals surface area contributed by atoms with E-state index in [1.54, 1.807) is 6.08 Å². The van der Waals surface area contributed by atoms with Crippen molar-refractivity contribution in [2.75, 3.05) is 26.2 Å². The summed E-state index contributed by atoms with van der Waals surface area (Å²) in [7, 11) is 0. The van der Waals surface area contributed by atoms with Crippen molar-refractivity contribution in [3.63, 3.8) is 0 Å². The lowest BCUT2D eigenvalue weighted by Gasteiger charge is -2.30. The molecule has 114 valence electrons. The predicted octanol–water partition coefficient (Wildman–Crippen LogP) is 2.84. The van der Waals surface area contributed by atoms with Gasteiger partial charge in [0.15, 0.2) is 5.79 Å². The summed E-state index contributed by atoms with van der Waals surface area (Å²) < 4.78 is 5.76. The maximum absolute atomic E-state index is 10.5. The number of aliphatic hydroxyl groups is 1. The molecule has 0 radical (unpaired) electrons. The van der Waals surface area contributed by atoms with Crippen molar-refractivity contribution in [1.29, 1.82) is 0 Å². The van der Waals surface area contributed by atoms with Crippen LogP contribution < -0.4 is 0 Å². The van der Waals surface area contributed by atoms with Crippen LogP contribution in [0.3, 0.4) is 0 Å². The van der Waals surface area contributed by atoms with E-state index >= 15 is 0 Å². The van der Waals surface area contributed by atoms with Gasteiger partial charge < -0.3 is 14.7 Å². The van der Waals surface area contributed by atoms with Crippen LogP contribution in [-0.4, -0.2) is 42.0 Å². The smallest absolute Gasteiger partial charge is 0.189 e. The molecule has 1 unspecified atom stereocenters. The minimum Gasteiger partial charge on any atom is -0.362 e. The molecule has 1 N–H and O–H groups in total. The van der Waals surface area contributed by atoms with Gasteiger partial charge >= 0.3 is 0 Å². The number of ether oxygens (including phenoxy) is 1. The van der Waals surface area contributed by atoms with Gasteiger partial charge in [0.05, 0.1) is 6.61 Å². The summed E-state index contributed by atoms with van der Waals surface area (Å²) in [6.07, 6.45) is 9.30. The van der Waals surface area contributed by atoms with E-state index in [4.69, 9.17) is 4.74 Å². The van der Waals surface area contributed by atoms with E-state index in [-0.39, 0.29) is 0 Å². The zero-order valence-corrected chi connectivity index (χ0v) is 12.6. The minimum absolute atomic E-state index is 0.545. The van der Waals surface area contributed by atoms with E-state index in [0.29, 0.717) is 13.0 Å². The summed E-state index contributed by atoms with van der Waals surface area (Å²) in [5.74, 6) is -1.13. The molecule has 1 aliphatic heterocycles. The first-order chi connectivity index (χ1) is 10.3. The van der Waals surface area contributed by atoms with E-state index in [9.17, 15) is 5.11 Å². The Kier molecular flexibility index (Phi) is 4.73. The van der Waals surface area contributed by atoms with E-state index in [2.05, 4.69) is 17.0 Å². The van der Waals surface area contributed by atoms with Crippen LogP contribution in [0.4, 0.5) is 0 Å². The normalized spacial score (nSPS) is 25.8. The summed E-state index contributed by atoms with van der Waals surface area (Å²) in [4.78, 5) is 2.50. The van der Waals surface area contributed by atoms with Crippen LogP contribution in [-0.2, 0) is 11.2 Å². The fourth-order valence-electron chi connectivity index (χ4n) is 3.23. The summed E-state index contributed by atoms with van der Waals surface area (Å²) in [5.41, 5.74) is 2.33.